The number of aromatic nitrogens is 1. The normalized spacial score (nSPS) is 16.4. The number of pyridine rings is 1. The smallest absolute Gasteiger partial charge is 0.130 e. The van der Waals surface area contributed by atoms with Crippen LogP contribution >= 0.6 is 0 Å². The molecule has 0 amide bonds. The van der Waals surface area contributed by atoms with Gasteiger partial charge in [-0.3, -0.25) is 0 Å². The summed E-state index contributed by atoms with van der Waals surface area (Å²) in [4.78, 5) is 7.04. The molecule has 2 aromatic rings. The van der Waals surface area contributed by atoms with Crippen molar-refractivity contribution in [2.75, 3.05) is 11.9 Å². The van der Waals surface area contributed by atoms with E-state index in [9.17, 15) is 5.26 Å². The first-order valence-electron chi connectivity index (χ1n) is 7.82. The Morgan fingerprint density at radius 2 is 1.86 bits per heavy atom. The predicted molar refractivity (Wildman–Crippen MR) is 86.4 cm³/mol. The van der Waals surface area contributed by atoms with E-state index < -0.39 is 0 Å². The molecule has 0 spiro atoms. The number of hydrogen-bond acceptors (Lipinski definition) is 3. The van der Waals surface area contributed by atoms with Crippen LogP contribution in [0.1, 0.15) is 44.1 Å². The zero-order valence-corrected chi connectivity index (χ0v) is 12.5. The van der Waals surface area contributed by atoms with Gasteiger partial charge in [-0.25, -0.2) is 4.98 Å². The number of hydrogen-bond donors (Lipinski definition) is 0. The molecule has 3 nitrogen and oxygen atoms in total. The third kappa shape index (κ3) is 2.85. The van der Waals surface area contributed by atoms with Gasteiger partial charge in [-0.05, 0) is 25.0 Å². The highest BCUT2D eigenvalue weighted by molar-refractivity contribution is 5.86. The summed E-state index contributed by atoms with van der Waals surface area (Å²) in [5.41, 5.74) is 1.63. The first-order valence-corrected chi connectivity index (χ1v) is 7.82. The van der Waals surface area contributed by atoms with Crippen LogP contribution in [0.3, 0.4) is 0 Å². The Kier molecular flexibility index (Phi) is 4.06. The number of nitrogens with zero attached hydrogens (tertiary/aromatic N) is 3. The fourth-order valence-corrected chi connectivity index (χ4v) is 3.27. The monoisotopic (exact) mass is 279 g/mol. The van der Waals surface area contributed by atoms with Gasteiger partial charge in [0.15, 0.2) is 0 Å². The van der Waals surface area contributed by atoms with E-state index in [2.05, 4.69) is 18.0 Å². The third-order valence-corrected chi connectivity index (χ3v) is 4.56. The van der Waals surface area contributed by atoms with Gasteiger partial charge in [0.1, 0.15) is 5.82 Å². The van der Waals surface area contributed by atoms with Crippen LogP contribution < -0.4 is 4.90 Å². The highest BCUT2D eigenvalue weighted by Crippen LogP contribution is 2.27. The zero-order chi connectivity index (χ0) is 14.7. The third-order valence-electron chi connectivity index (χ3n) is 4.56. The number of nitriles is 1. The Morgan fingerprint density at radius 1 is 1.14 bits per heavy atom. The first kappa shape index (κ1) is 13.9. The van der Waals surface area contributed by atoms with E-state index in [0.717, 1.165) is 22.3 Å². The number of fused-ring (bicyclic) bond motifs is 1. The summed E-state index contributed by atoms with van der Waals surface area (Å²) in [7, 11) is 2.12. The molecule has 0 aliphatic heterocycles. The summed E-state index contributed by atoms with van der Waals surface area (Å²) in [6.07, 6.45) is 7.75. The lowest BCUT2D eigenvalue weighted by molar-refractivity contribution is 0.549. The van der Waals surface area contributed by atoms with Gasteiger partial charge in [0.2, 0.25) is 0 Å². The van der Waals surface area contributed by atoms with E-state index in [0.29, 0.717) is 6.04 Å². The van der Waals surface area contributed by atoms with Crippen molar-refractivity contribution in [1.29, 1.82) is 5.26 Å². The molecule has 1 heterocycles. The van der Waals surface area contributed by atoms with Gasteiger partial charge in [-0.15, -0.1) is 0 Å². The summed E-state index contributed by atoms with van der Waals surface area (Å²) in [5, 5.41) is 10.3. The molecule has 0 saturated heterocycles. The van der Waals surface area contributed by atoms with Crippen molar-refractivity contribution in [2.24, 2.45) is 0 Å². The maximum Gasteiger partial charge on any atom is 0.130 e. The van der Waals surface area contributed by atoms with Crippen LogP contribution in [-0.2, 0) is 0 Å². The molecule has 0 bridgehead atoms. The molecule has 0 radical (unpaired) electrons. The molecular formula is C18H21N3. The lowest BCUT2D eigenvalue weighted by atomic mass is 10.1. The molecule has 1 aromatic heterocycles. The summed E-state index contributed by atoms with van der Waals surface area (Å²) in [5.74, 6) is 0.928. The standard InChI is InChI=1S/C18H21N3/c1-21(15-8-4-2-3-5-9-15)18-12-14(13-19)16-10-6-7-11-17(16)20-18/h6-7,10-12,15H,2-5,8-9H2,1H3. The Hall–Kier alpha value is -2.08. The lowest BCUT2D eigenvalue weighted by Gasteiger charge is -2.28. The summed E-state index contributed by atoms with van der Waals surface area (Å²) >= 11 is 0. The highest BCUT2D eigenvalue weighted by atomic mass is 15.2. The van der Waals surface area contributed by atoms with Gasteiger partial charge in [-0.1, -0.05) is 43.9 Å². The minimum absolute atomic E-state index is 0.549. The van der Waals surface area contributed by atoms with Gasteiger partial charge in [0, 0.05) is 18.5 Å². The van der Waals surface area contributed by atoms with Crippen LogP contribution in [0.2, 0.25) is 0 Å². The van der Waals surface area contributed by atoms with Crippen molar-refractivity contribution < 1.29 is 0 Å². The van der Waals surface area contributed by atoms with Crippen LogP contribution in [-0.4, -0.2) is 18.1 Å². The Bertz CT molecular complexity index is 664. The number of rotatable bonds is 2. The maximum absolute atomic E-state index is 9.40. The fraction of sp³-hybridized carbons (Fsp3) is 0.444. The van der Waals surface area contributed by atoms with Crippen molar-refractivity contribution in [3.8, 4) is 6.07 Å². The van der Waals surface area contributed by atoms with Crippen molar-refractivity contribution in [3.05, 3.63) is 35.9 Å². The van der Waals surface area contributed by atoms with Crippen molar-refractivity contribution in [2.45, 2.75) is 44.6 Å². The average Bonchev–Trinajstić information content (AvgIpc) is 2.82. The molecule has 1 saturated carbocycles. The number of anilines is 1. The second-order valence-electron chi connectivity index (χ2n) is 5.91. The number of benzene rings is 1. The molecule has 3 rings (SSSR count). The van der Waals surface area contributed by atoms with Gasteiger partial charge in [0.25, 0.3) is 0 Å². The van der Waals surface area contributed by atoms with E-state index in [1.165, 1.54) is 38.5 Å². The Labute approximate surface area is 126 Å². The molecule has 1 aromatic carbocycles. The van der Waals surface area contributed by atoms with Gasteiger partial charge in [-0.2, -0.15) is 5.26 Å². The fourth-order valence-electron chi connectivity index (χ4n) is 3.27. The molecule has 1 aliphatic rings. The van der Waals surface area contributed by atoms with Crippen LogP contribution in [0.4, 0.5) is 5.82 Å². The van der Waals surface area contributed by atoms with Crippen LogP contribution in [0, 0.1) is 11.3 Å². The summed E-state index contributed by atoms with van der Waals surface area (Å²) in [6, 6.07) is 12.7. The Morgan fingerprint density at radius 3 is 2.57 bits per heavy atom. The molecule has 3 heteroatoms. The molecular weight excluding hydrogens is 258 g/mol. The molecule has 0 unspecified atom stereocenters. The molecule has 1 aliphatic carbocycles. The molecule has 0 N–H and O–H groups in total. The second kappa shape index (κ2) is 6.13. The van der Waals surface area contributed by atoms with Crippen LogP contribution in [0.15, 0.2) is 30.3 Å². The van der Waals surface area contributed by atoms with Crippen LogP contribution in [0.5, 0.6) is 0 Å². The van der Waals surface area contributed by atoms with Crippen molar-refractivity contribution in [3.63, 3.8) is 0 Å². The highest BCUT2D eigenvalue weighted by Gasteiger charge is 2.19. The molecule has 108 valence electrons. The first-order chi connectivity index (χ1) is 10.3. The maximum atomic E-state index is 9.40. The second-order valence-corrected chi connectivity index (χ2v) is 5.91. The topological polar surface area (TPSA) is 39.9 Å². The summed E-state index contributed by atoms with van der Waals surface area (Å²) in [6.45, 7) is 0. The van der Waals surface area contributed by atoms with Crippen LogP contribution in [0.25, 0.3) is 10.9 Å². The predicted octanol–water partition coefficient (Wildman–Crippen LogP) is 4.27. The molecule has 1 fully saturated rings. The minimum Gasteiger partial charge on any atom is -0.357 e. The van der Waals surface area contributed by atoms with E-state index in [1.807, 2.05) is 30.3 Å². The zero-order valence-electron chi connectivity index (χ0n) is 12.5. The van der Waals surface area contributed by atoms with E-state index in [1.54, 1.807) is 0 Å². The quantitative estimate of drug-likeness (QED) is 0.771. The SMILES string of the molecule is CN(c1cc(C#N)c2ccccc2n1)C1CCCCCC1. The summed E-state index contributed by atoms with van der Waals surface area (Å²) < 4.78 is 0. The largest absolute Gasteiger partial charge is 0.357 e. The van der Waals surface area contributed by atoms with Gasteiger partial charge < -0.3 is 4.90 Å². The van der Waals surface area contributed by atoms with E-state index in [4.69, 9.17) is 4.98 Å². The van der Waals surface area contributed by atoms with E-state index >= 15 is 0 Å². The molecule has 0 atom stereocenters. The van der Waals surface area contributed by atoms with Gasteiger partial charge in [0.05, 0.1) is 17.1 Å². The minimum atomic E-state index is 0.549. The lowest BCUT2D eigenvalue weighted by Crippen LogP contribution is -2.31. The molecule has 21 heavy (non-hydrogen) atoms. The van der Waals surface area contributed by atoms with E-state index in [-0.39, 0.29) is 0 Å². The van der Waals surface area contributed by atoms with Gasteiger partial charge >= 0.3 is 0 Å². The average molecular weight is 279 g/mol. The Balaban J connectivity index is 1.97. The number of para-hydroxylation sites is 1. The van der Waals surface area contributed by atoms with Crippen molar-refractivity contribution >= 4 is 16.7 Å². The van der Waals surface area contributed by atoms with Crippen molar-refractivity contribution in [1.82, 2.24) is 4.98 Å².